The van der Waals surface area contributed by atoms with Gasteiger partial charge in [0.05, 0.1) is 5.56 Å². The van der Waals surface area contributed by atoms with Crippen LogP contribution in [-0.2, 0) is 0 Å². The van der Waals surface area contributed by atoms with Crippen LogP contribution in [0.15, 0.2) is 6.07 Å². The van der Waals surface area contributed by atoms with Gasteiger partial charge in [-0.15, -0.1) is 0 Å². The minimum absolute atomic E-state index is 0.266. The highest BCUT2D eigenvalue weighted by Gasteiger charge is 2.16. The van der Waals surface area contributed by atoms with Gasteiger partial charge in [-0.05, 0) is 28.7 Å². The van der Waals surface area contributed by atoms with Crippen LogP contribution >= 0.6 is 22.6 Å². The van der Waals surface area contributed by atoms with Crippen LogP contribution in [0.1, 0.15) is 12.0 Å². The molecule has 0 aliphatic rings. The number of anilines is 1. The lowest BCUT2D eigenvalue weighted by Gasteiger charge is -2.05. The summed E-state index contributed by atoms with van der Waals surface area (Å²) in [6.07, 6.45) is -2.73. The summed E-state index contributed by atoms with van der Waals surface area (Å²) in [6, 6.07) is 1.09. The van der Waals surface area contributed by atoms with Crippen LogP contribution in [-0.4, -0.2) is 10.1 Å². The molecule has 1 rings (SSSR count). The zero-order valence-corrected chi connectivity index (χ0v) is 7.92. The van der Waals surface area contributed by atoms with Crippen LogP contribution in [0.3, 0.4) is 0 Å². The third-order valence-electron chi connectivity index (χ3n) is 1.25. The molecule has 66 valence electrons. The van der Waals surface area contributed by atoms with E-state index in [0.717, 1.165) is 6.07 Å². The van der Waals surface area contributed by atoms with Crippen molar-refractivity contribution in [2.45, 2.75) is 6.43 Å². The summed E-state index contributed by atoms with van der Waals surface area (Å²) in [6.45, 7) is 0. The number of alkyl halides is 2. The Labute approximate surface area is 80.7 Å². The van der Waals surface area contributed by atoms with Gasteiger partial charge in [0.15, 0.2) is 11.6 Å². The van der Waals surface area contributed by atoms with Crippen molar-refractivity contribution < 1.29 is 13.9 Å². The van der Waals surface area contributed by atoms with E-state index in [1.807, 2.05) is 0 Å². The third kappa shape index (κ3) is 1.74. The number of aromatic nitrogens is 1. The summed E-state index contributed by atoms with van der Waals surface area (Å²) in [5.74, 6) is -0.900. The normalized spacial score (nSPS) is 10.7. The van der Waals surface area contributed by atoms with Crippen molar-refractivity contribution in [2.75, 3.05) is 5.73 Å². The molecule has 1 aromatic rings. The van der Waals surface area contributed by atoms with E-state index in [4.69, 9.17) is 10.8 Å². The first-order valence-corrected chi connectivity index (χ1v) is 4.03. The smallest absolute Gasteiger partial charge is 0.267 e. The van der Waals surface area contributed by atoms with E-state index in [1.54, 1.807) is 22.6 Å². The fourth-order valence-electron chi connectivity index (χ4n) is 0.711. The molecule has 0 bridgehead atoms. The van der Waals surface area contributed by atoms with Gasteiger partial charge in [0.2, 0.25) is 0 Å². The Balaban J connectivity index is 3.28. The number of nitrogen functional groups attached to an aromatic ring is 1. The highest BCUT2D eigenvalue weighted by Crippen LogP contribution is 2.32. The van der Waals surface area contributed by atoms with Gasteiger partial charge in [-0.1, -0.05) is 0 Å². The van der Waals surface area contributed by atoms with Crippen molar-refractivity contribution in [3.8, 4) is 5.75 Å². The molecular weight excluding hydrogens is 281 g/mol. The monoisotopic (exact) mass is 286 g/mol. The van der Waals surface area contributed by atoms with Gasteiger partial charge in [-0.25, -0.2) is 13.8 Å². The van der Waals surface area contributed by atoms with Crippen LogP contribution in [0.2, 0.25) is 0 Å². The lowest BCUT2D eigenvalue weighted by atomic mass is 10.2. The number of pyridine rings is 1. The first kappa shape index (κ1) is 9.43. The van der Waals surface area contributed by atoms with Crippen LogP contribution in [0.4, 0.5) is 14.6 Å². The molecule has 0 saturated heterocycles. The molecule has 0 spiro atoms. The quantitative estimate of drug-likeness (QED) is 0.612. The molecule has 0 fully saturated rings. The van der Waals surface area contributed by atoms with E-state index in [-0.39, 0.29) is 5.82 Å². The Morgan fingerprint density at radius 1 is 1.58 bits per heavy atom. The second-order valence-electron chi connectivity index (χ2n) is 2.07. The van der Waals surface area contributed by atoms with E-state index < -0.39 is 17.7 Å². The minimum atomic E-state index is -2.73. The first-order valence-electron chi connectivity index (χ1n) is 2.95. The molecule has 3 nitrogen and oxygen atoms in total. The molecule has 0 amide bonds. The van der Waals surface area contributed by atoms with Crippen molar-refractivity contribution in [3.63, 3.8) is 0 Å². The van der Waals surface area contributed by atoms with Crippen LogP contribution in [0.25, 0.3) is 0 Å². The van der Waals surface area contributed by atoms with Gasteiger partial charge in [-0.3, -0.25) is 0 Å². The van der Waals surface area contributed by atoms with Crippen molar-refractivity contribution in [1.82, 2.24) is 4.98 Å². The largest absolute Gasteiger partial charge is 0.504 e. The minimum Gasteiger partial charge on any atom is -0.504 e. The van der Waals surface area contributed by atoms with Gasteiger partial charge in [0.1, 0.15) is 3.70 Å². The van der Waals surface area contributed by atoms with Gasteiger partial charge >= 0.3 is 0 Å². The lowest BCUT2D eigenvalue weighted by Crippen LogP contribution is -1.97. The maximum Gasteiger partial charge on any atom is 0.267 e. The molecule has 1 heterocycles. The van der Waals surface area contributed by atoms with Crippen molar-refractivity contribution in [1.29, 1.82) is 0 Å². The summed E-state index contributed by atoms with van der Waals surface area (Å²) >= 11 is 1.75. The van der Waals surface area contributed by atoms with Crippen LogP contribution in [0, 0.1) is 3.70 Å². The molecule has 0 atom stereocenters. The Morgan fingerprint density at radius 2 is 2.17 bits per heavy atom. The highest BCUT2D eigenvalue weighted by molar-refractivity contribution is 14.1. The molecule has 0 radical (unpaired) electrons. The topological polar surface area (TPSA) is 59.1 Å². The average molecular weight is 286 g/mol. The molecule has 0 aromatic carbocycles. The average Bonchev–Trinajstić information content (AvgIpc) is 1.96. The number of rotatable bonds is 1. The molecule has 0 saturated carbocycles. The van der Waals surface area contributed by atoms with Gasteiger partial charge in [-0.2, -0.15) is 0 Å². The van der Waals surface area contributed by atoms with E-state index in [9.17, 15) is 8.78 Å². The highest BCUT2D eigenvalue weighted by atomic mass is 127. The number of halogens is 3. The van der Waals surface area contributed by atoms with Crippen LogP contribution in [0.5, 0.6) is 5.75 Å². The molecule has 0 aliphatic heterocycles. The summed E-state index contributed by atoms with van der Waals surface area (Å²) in [7, 11) is 0. The predicted molar refractivity (Wildman–Crippen MR) is 48.0 cm³/mol. The van der Waals surface area contributed by atoms with Gasteiger partial charge in [0.25, 0.3) is 6.43 Å². The predicted octanol–water partition coefficient (Wildman–Crippen LogP) is 1.91. The third-order valence-corrected chi connectivity index (χ3v) is 1.81. The molecule has 6 heteroatoms. The van der Waals surface area contributed by atoms with E-state index in [0.29, 0.717) is 3.70 Å². The van der Waals surface area contributed by atoms with Crippen molar-refractivity contribution in [2.24, 2.45) is 0 Å². The maximum absolute atomic E-state index is 12.1. The van der Waals surface area contributed by atoms with Crippen molar-refractivity contribution >= 4 is 28.4 Å². The van der Waals surface area contributed by atoms with E-state index in [1.165, 1.54) is 0 Å². The molecule has 12 heavy (non-hydrogen) atoms. The Bertz CT molecular complexity index is 306. The number of aromatic hydroxyl groups is 1. The van der Waals surface area contributed by atoms with Crippen LogP contribution < -0.4 is 5.73 Å². The van der Waals surface area contributed by atoms with E-state index >= 15 is 0 Å². The second kappa shape index (κ2) is 3.38. The molecule has 0 aliphatic carbocycles. The zero-order valence-electron chi connectivity index (χ0n) is 5.76. The number of nitrogens with two attached hydrogens (primary N) is 1. The Kier molecular flexibility index (Phi) is 2.65. The number of hydrogen-bond acceptors (Lipinski definition) is 3. The first-order chi connectivity index (χ1) is 5.52. The SMILES string of the molecule is Nc1nc(I)cc(C(F)F)c1O. The fourth-order valence-corrected chi connectivity index (χ4v) is 1.31. The lowest BCUT2D eigenvalue weighted by molar-refractivity contribution is 0.147. The Morgan fingerprint density at radius 3 is 2.67 bits per heavy atom. The van der Waals surface area contributed by atoms with Gasteiger partial charge < -0.3 is 10.8 Å². The second-order valence-corrected chi connectivity index (χ2v) is 3.17. The van der Waals surface area contributed by atoms with Crippen molar-refractivity contribution in [3.05, 3.63) is 15.3 Å². The fraction of sp³-hybridized carbons (Fsp3) is 0.167. The van der Waals surface area contributed by atoms with E-state index in [2.05, 4.69) is 4.98 Å². The summed E-state index contributed by atoms with van der Waals surface area (Å²) in [5.41, 5.74) is 4.68. The molecule has 0 unspecified atom stereocenters. The summed E-state index contributed by atoms with van der Waals surface area (Å²) in [4.78, 5) is 3.60. The molecule has 1 aromatic heterocycles. The summed E-state index contributed by atoms with van der Waals surface area (Å²) in [5, 5.41) is 9.02. The molecular formula is C6H5F2IN2O. The standard InChI is InChI=1S/C6H5F2IN2O/c7-5(8)2-1-3(9)11-6(10)4(2)12/h1,5,12H,(H2,10,11). The zero-order chi connectivity index (χ0) is 9.30. The maximum atomic E-state index is 12.1. The molecule has 3 N–H and O–H groups in total. The van der Waals surface area contributed by atoms with Gasteiger partial charge in [0, 0.05) is 0 Å². The number of hydrogen-bond donors (Lipinski definition) is 2. The summed E-state index contributed by atoms with van der Waals surface area (Å²) < 4.78 is 24.6. The number of nitrogens with zero attached hydrogens (tertiary/aromatic N) is 1. The Hall–Kier alpha value is -0.660.